The third-order valence-electron chi connectivity index (χ3n) is 5.39. The van der Waals surface area contributed by atoms with Crippen LogP contribution in [0.4, 0.5) is 0 Å². The van der Waals surface area contributed by atoms with E-state index in [0.29, 0.717) is 11.8 Å². The first-order valence-electron chi connectivity index (χ1n) is 8.72. The largest absolute Gasteiger partial charge is 0.251 e. The molecule has 114 valence electrons. The average Bonchev–Trinajstić information content (AvgIpc) is 2.55. The molecule has 2 nitrogen and oxygen atoms in total. The molecule has 0 N–H and O–H groups in total. The SMILES string of the molecule is C[C@H]1CCCc2ccc(-c3ccc4c(n3)[C@@H](C)CCC4)nc21. The molecule has 2 aromatic heterocycles. The highest BCUT2D eigenvalue weighted by molar-refractivity contribution is 5.56. The van der Waals surface area contributed by atoms with Crippen molar-refractivity contribution >= 4 is 0 Å². The zero-order valence-electron chi connectivity index (χ0n) is 13.6. The lowest BCUT2D eigenvalue weighted by Gasteiger charge is -2.23. The molecule has 0 amide bonds. The molecule has 0 unspecified atom stereocenters. The maximum Gasteiger partial charge on any atom is 0.0889 e. The molecule has 2 aliphatic carbocycles. The number of rotatable bonds is 1. The molecule has 2 atom stereocenters. The monoisotopic (exact) mass is 292 g/mol. The molecule has 22 heavy (non-hydrogen) atoms. The summed E-state index contributed by atoms with van der Waals surface area (Å²) in [6, 6.07) is 8.88. The van der Waals surface area contributed by atoms with Gasteiger partial charge in [-0.1, -0.05) is 26.0 Å². The minimum absolute atomic E-state index is 0.584. The predicted octanol–water partition coefficient (Wildman–Crippen LogP) is 5.02. The second-order valence-corrected chi connectivity index (χ2v) is 7.07. The van der Waals surface area contributed by atoms with Gasteiger partial charge in [0.05, 0.1) is 11.4 Å². The van der Waals surface area contributed by atoms with Crippen LogP contribution in [-0.4, -0.2) is 9.97 Å². The lowest BCUT2D eigenvalue weighted by atomic mass is 9.87. The highest BCUT2D eigenvalue weighted by Crippen LogP contribution is 2.34. The number of pyridine rings is 2. The topological polar surface area (TPSA) is 25.8 Å². The number of hydrogen-bond acceptors (Lipinski definition) is 2. The van der Waals surface area contributed by atoms with E-state index in [9.17, 15) is 0 Å². The summed E-state index contributed by atoms with van der Waals surface area (Å²) in [6.45, 7) is 4.61. The van der Waals surface area contributed by atoms with Gasteiger partial charge < -0.3 is 0 Å². The van der Waals surface area contributed by atoms with Gasteiger partial charge in [0.15, 0.2) is 0 Å². The van der Waals surface area contributed by atoms with Crippen molar-refractivity contribution < 1.29 is 0 Å². The number of nitrogens with zero attached hydrogens (tertiary/aromatic N) is 2. The zero-order chi connectivity index (χ0) is 15.1. The molecule has 0 aliphatic heterocycles. The molecule has 0 saturated carbocycles. The third kappa shape index (κ3) is 2.35. The Kier molecular flexibility index (Phi) is 3.48. The smallest absolute Gasteiger partial charge is 0.0889 e. The van der Waals surface area contributed by atoms with Crippen LogP contribution in [0.3, 0.4) is 0 Å². The Hall–Kier alpha value is -1.70. The maximum absolute atomic E-state index is 4.98. The Balaban J connectivity index is 1.76. The Bertz CT molecular complexity index is 643. The molecule has 2 heterocycles. The standard InChI is InChI=1S/C20H24N2/c1-13-5-3-7-15-9-11-17(21-19(13)15)18-12-10-16-8-4-6-14(2)20(16)22-18/h9-14H,3-8H2,1-2H3/t13-,14-/m0/s1. The molecule has 4 rings (SSSR count). The summed E-state index contributed by atoms with van der Waals surface area (Å²) in [7, 11) is 0. The summed E-state index contributed by atoms with van der Waals surface area (Å²) in [6.07, 6.45) is 7.48. The van der Waals surface area contributed by atoms with Crippen LogP contribution in [0.5, 0.6) is 0 Å². The Morgan fingerprint density at radius 2 is 1.18 bits per heavy atom. The van der Waals surface area contributed by atoms with Gasteiger partial charge in [-0.2, -0.15) is 0 Å². The first kappa shape index (κ1) is 13.9. The lowest BCUT2D eigenvalue weighted by Crippen LogP contribution is -2.12. The van der Waals surface area contributed by atoms with Crippen LogP contribution < -0.4 is 0 Å². The summed E-state index contributed by atoms with van der Waals surface area (Å²) in [5.74, 6) is 1.17. The number of hydrogen-bond donors (Lipinski definition) is 0. The van der Waals surface area contributed by atoms with Crippen LogP contribution >= 0.6 is 0 Å². The molecule has 0 fully saturated rings. The molecule has 2 aliphatic rings. The van der Waals surface area contributed by atoms with Gasteiger partial charge in [0, 0.05) is 11.4 Å². The van der Waals surface area contributed by atoms with Crippen LogP contribution in [0.2, 0.25) is 0 Å². The highest BCUT2D eigenvalue weighted by Gasteiger charge is 2.21. The predicted molar refractivity (Wildman–Crippen MR) is 90.2 cm³/mol. The number of aromatic nitrogens is 2. The van der Waals surface area contributed by atoms with Crippen molar-refractivity contribution in [2.45, 2.75) is 64.2 Å². The van der Waals surface area contributed by atoms with Gasteiger partial charge in [0.25, 0.3) is 0 Å². The van der Waals surface area contributed by atoms with Gasteiger partial charge >= 0.3 is 0 Å². The molecule has 0 aromatic carbocycles. The van der Waals surface area contributed by atoms with Crippen molar-refractivity contribution in [3.05, 3.63) is 46.8 Å². The van der Waals surface area contributed by atoms with Crippen molar-refractivity contribution in [3.63, 3.8) is 0 Å². The van der Waals surface area contributed by atoms with Gasteiger partial charge in [-0.25, -0.2) is 0 Å². The molecular formula is C20H24N2. The van der Waals surface area contributed by atoms with Crippen molar-refractivity contribution in [3.8, 4) is 11.4 Å². The minimum Gasteiger partial charge on any atom is -0.251 e. The fourth-order valence-corrected chi connectivity index (χ4v) is 4.04. The Morgan fingerprint density at radius 3 is 1.64 bits per heavy atom. The molecule has 0 spiro atoms. The van der Waals surface area contributed by atoms with E-state index in [1.54, 1.807) is 0 Å². The van der Waals surface area contributed by atoms with Crippen LogP contribution in [0.25, 0.3) is 11.4 Å². The molecule has 2 heteroatoms. The second-order valence-electron chi connectivity index (χ2n) is 7.07. The average molecular weight is 292 g/mol. The molecule has 0 saturated heterocycles. The first-order valence-corrected chi connectivity index (χ1v) is 8.72. The van der Waals surface area contributed by atoms with E-state index in [1.807, 2.05) is 0 Å². The normalized spacial score (nSPS) is 23.7. The fourth-order valence-electron chi connectivity index (χ4n) is 4.04. The van der Waals surface area contributed by atoms with E-state index in [1.165, 1.54) is 61.0 Å². The van der Waals surface area contributed by atoms with E-state index in [4.69, 9.17) is 9.97 Å². The van der Waals surface area contributed by atoms with Gasteiger partial charge in [-0.05, 0) is 73.6 Å². The zero-order valence-corrected chi connectivity index (χ0v) is 13.6. The van der Waals surface area contributed by atoms with E-state index in [2.05, 4.69) is 38.1 Å². The molecule has 0 bridgehead atoms. The van der Waals surface area contributed by atoms with Gasteiger partial charge in [-0.3, -0.25) is 9.97 Å². The lowest BCUT2D eigenvalue weighted by molar-refractivity contribution is 0.571. The summed E-state index contributed by atoms with van der Waals surface area (Å²) in [5.41, 5.74) is 7.58. The fraction of sp³-hybridized carbons (Fsp3) is 0.500. The van der Waals surface area contributed by atoms with Crippen molar-refractivity contribution in [1.82, 2.24) is 9.97 Å². The number of aryl methyl sites for hydroxylation is 2. The number of fused-ring (bicyclic) bond motifs is 2. The Labute approximate surface area is 133 Å². The van der Waals surface area contributed by atoms with Crippen LogP contribution in [0.1, 0.15) is 73.9 Å². The van der Waals surface area contributed by atoms with Gasteiger partial charge in [0.2, 0.25) is 0 Å². The molecule has 0 radical (unpaired) electrons. The summed E-state index contributed by atoms with van der Waals surface area (Å²) >= 11 is 0. The van der Waals surface area contributed by atoms with Crippen LogP contribution in [0, 0.1) is 0 Å². The summed E-state index contributed by atoms with van der Waals surface area (Å²) < 4.78 is 0. The van der Waals surface area contributed by atoms with Crippen LogP contribution in [-0.2, 0) is 12.8 Å². The minimum atomic E-state index is 0.584. The Morgan fingerprint density at radius 1 is 0.727 bits per heavy atom. The first-order chi connectivity index (χ1) is 10.7. The van der Waals surface area contributed by atoms with E-state index >= 15 is 0 Å². The van der Waals surface area contributed by atoms with Crippen molar-refractivity contribution in [1.29, 1.82) is 0 Å². The van der Waals surface area contributed by atoms with E-state index in [0.717, 1.165) is 11.4 Å². The second kappa shape index (κ2) is 5.49. The van der Waals surface area contributed by atoms with Crippen molar-refractivity contribution in [2.24, 2.45) is 0 Å². The third-order valence-corrected chi connectivity index (χ3v) is 5.39. The molecular weight excluding hydrogens is 268 g/mol. The summed E-state index contributed by atoms with van der Waals surface area (Å²) in [5, 5.41) is 0. The van der Waals surface area contributed by atoms with Gasteiger partial charge in [0.1, 0.15) is 0 Å². The van der Waals surface area contributed by atoms with Gasteiger partial charge in [-0.15, -0.1) is 0 Å². The van der Waals surface area contributed by atoms with E-state index < -0.39 is 0 Å². The van der Waals surface area contributed by atoms with Crippen LogP contribution in [0.15, 0.2) is 24.3 Å². The maximum atomic E-state index is 4.98. The quantitative estimate of drug-likeness (QED) is 0.737. The highest BCUT2D eigenvalue weighted by atomic mass is 14.8. The summed E-state index contributed by atoms with van der Waals surface area (Å²) in [4.78, 5) is 9.95. The van der Waals surface area contributed by atoms with E-state index in [-0.39, 0.29) is 0 Å². The molecule has 2 aromatic rings. The van der Waals surface area contributed by atoms with Crippen molar-refractivity contribution in [2.75, 3.05) is 0 Å².